The summed E-state index contributed by atoms with van der Waals surface area (Å²) in [5.74, 6) is 0.242. The summed E-state index contributed by atoms with van der Waals surface area (Å²) in [5, 5.41) is 3.82. The molecular formula is C17H13N3O2S2. The van der Waals surface area contributed by atoms with Crippen LogP contribution in [0.3, 0.4) is 0 Å². The van der Waals surface area contributed by atoms with Gasteiger partial charge in [-0.2, -0.15) is 0 Å². The Labute approximate surface area is 145 Å². The van der Waals surface area contributed by atoms with Gasteiger partial charge < -0.3 is 9.97 Å². The second-order valence-electron chi connectivity index (χ2n) is 5.39. The van der Waals surface area contributed by atoms with Crippen molar-refractivity contribution in [1.29, 1.82) is 0 Å². The maximum Gasteiger partial charge on any atom is 0.260 e. The molecule has 5 nitrogen and oxygen atoms in total. The summed E-state index contributed by atoms with van der Waals surface area (Å²) in [4.78, 5) is 35.7. The number of H-pyrrole nitrogens is 2. The number of carbonyl (C=O) groups excluding carboxylic acids is 1. The maximum absolute atomic E-state index is 12.7. The van der Waals surface area contributed by atoms with E-state index in [0.717, 1.165) is 16.6 Å². The van der Waals surface area contributed by atoms with Crippen LogP contribution < -0.4 is 5.56 Å². The minimum atomic E-state index is -0.167. The molecule has 2 N–H and O–H groups in total. The van der Waals surface area contributed by atoms with E-state index in [4.69, 9.17) is 0 Å². The minimum Gasteiger partial charge on any atom is -0.358 e. The van der Waals surface area contributed by atoms with E-state index in [1.165, 1.54) is 23.1 Å². The summed E-state index contributed by atoms with van der Waals surface area (Å²) in [6.07, 6.45) is 0. The Balaban J connectivity index is 1.61. The zero-order valence-electron chi connectivity index (χ0n) is 12.8. The molecular weight excluding hydrogens is 342 g/mol. The van der Waals surface area contributed by atoms with E-state index in [2.05, 4.69) is 15.0 Å². The van der Waals surface area contributed by atoms with Crippen molar-refractivity contribution < 1.29 is 4.79 Å². The first kappa shape index (κ1) is 15.2. The van der Waals surface area contributed by atoms with Gasteiger partial charge in [0, 0.05) is 22.2 Å². The molecule has 0 aliphatic heterocycles. The molecule has 0 aliphatic carbocycles. The molecule has 0 unspecified atom stereocenters. The number of ketones is 1. The normalized spacial score (nSPS) is 11.4. The number of fused-ring (bicyclic) bond motifs is 2. The number of nitrogens with zero attached hydrogens (tertiary/aromatic N) is 1. The lowest BCUT2D eigenvalue weighted by Gasteiger charge is -2.02. The smallest absolute Gasteiger partial charge is 0.260 e. The van der Waals surface area contributed by atoms with Gasteiger partial charge in [-0.1, -0.05) is 30.0 Å². The van der Waals surface area contributed by atoms with E-state index in [1.807, 2.05) is 36.6 Å². The van der Waals surface area contributed by atoms with E-state index < -0.39 is 0 Å². The van der Waals surface area contributed by atoms with E-state index in [9.17, 15) is 9.59 Å². The van der Waals surface area contributed by atoms with Crippen LogP contribution in [0.1, 0.15) is 16.1 Å². The highest BCUT2D eigenvalue weighted by molar-refractivity contribution is 7.99. The molecule has 0 saturated carbocycles. The highest BCUT2D eigenvalue weighted by atomic mass is 32.2. The van der Waals surface area contributed by atoms with Gasteiger partial charge in [-0.05, 0) is 24.4 Å². The zero-order valence-corrected chi connectivity index (χ0v) is 14.4. The second-order valence-corrected chi connectivity index (χ2v) is 7.25. The number of aromatic nitrogens is 3. The van der Waals surface area contributed by atoms with Crippen LogP contribution in [0, 0.1) is 6.92 Å². The fraction of sp³-hybridized carbons (Fsp3) is 0.118. The van der Waals surface area contributed by atoms with Gasteiger partial charge in [0.1, 0.15) is 4.83 Å². The van der Waals surface area contributed by atoms with Crippen LogP contribution >= 0.6 is 23.1 Å². The second kappa shape index (κ2) is 5.92. The van der Waals surface area contributed by atoms with Crippen molar-refractivity contribution in [1.82, 2.24) is 15.0 Å². The van der Waals surface area contributed by atoms with Gasteiger partial charge in [0.05, 0.1) is 11.1 Å². The molecule has 0 amide bonds. The molecule has 0 aliphatic rings. The third-order valence-corrected chi connectivity index (χ3v) is 5.51. The van der Waals surface area contributed by atoms with E-state index >= 15 is 0 Å². The number of para-hydroxylation sites is 1. The molecule has 0 bridgehead atoms. The molecule has 24 heavy (non-hydrogen) atoms. The van der Waals surface area contributed by atoms with Gasteiger partial charge in [-0.15, -0.1) is 11.3 Å². The van der Waals surface area contributed by atoms with E-state index in [-0.39, 0.29) is 17.1 Å². The van der Waals surface area contributed by atoms with Crippen molar-refractivity contribution in [3.05, 3.63) is 57.3 Å². The summed E-state index contributed by atoms with van der Waals surface area (Å²) < 4.78 is 0. The van der Waals surface area contributed by atoms with Gasteiger partial charge in [-0.3, -0.25) is 9.59 Å². The topological polar surface area (TPSA) is 78.6 Å². The van der Waals surface area contributed by atoms with Crippen molar-refractivity contribution in [3.8, 4) is 0 Å². The number of aryl methyl sites for hydroxylation is 1. The van der Waals surface area contributed by atoms with E-state index in [0.29, 0.717) is 20.9 Å². The fourth-order valence-corrected chi connectivity index (χ4v) is 4.31. The predicted molar refractivity (Wildman–Crippen MR) is 98.3 cm³/mol. The average Bonchev–Trinajstić information content (AvgIpc) is 3.16. The zero-order chi connectivity index (χ0) is 16.7. The van der Waals surface area contributed by atoms with Crippen LogP contribution in [0.4, 0.5) is 0 Å². The largest absolute Gasteiger partial charge is 0.358 e. The quantitative estimate of drug-likeness (QED) is 0.332. The molecule has 0 fully saturated rings. The maximum atomic E-state index is 12.7. The molecule has 0 saturated heterocycles. The van der Waals surface area contributed by atoms with E-state index in [1.54, 1.807) is 6.07 Å². The number of nitrogens with one attached hydrogen (secondary N) is 2. The summed E-state index contributed by atoms with van der Waals surface area (Å²) in [7, 11) is 0. The Bertz CT molecular complexity index is 1120. The number of thioether (sulfide) groups is 1. The first-order valence-electron chi connectivity index (χ1n) is 7.34. The summed E-state index contributed by atoms with van der Waals surface area (Å²) >= 11 is 2.67. The van der Waals surface area contributed by atoms with Crippen molar-refractivity contribution in [3.63, 3.8) is 0 Å². The molecule has 120 valence electrons. The van der Waals surface area contributed by atoms with Crippen LogP contribution in [-0.4, -0.2) is 26.5 Å². The van der Waals surface area contributed by atoms with Crippen molar-refractivity contribution in [2.24, 2.45) is 0 Å². The standard InChI is InChI=1S/C17H13N3O2S2/c1-9-14(10-4-2-3-5-12(10)18-9)13(21)8-24-17-19-15(22)11-6-7-23-16(11)20-17/h2-7,18H,8H2,1H3,(H,19,20,22). The third kappa shape index (κ3) is 2.55. The van der Waals surface area contributed by atoms with Crippen LogP contribution in [-0.2, 0) is 0 Å². The summed E-state index contributed by atoms with van der Waals surface area (Å²) in [6, 6.07) is 9.50. The Morgan fingerprint density at radius 3 is 2.92 bits per heavy atom. The first-order chi connectivity index (χ1) is 11.6. The first-order valence-corrected chi connectivity index (χ1v) is 9.21. The number of carbonyl (C=O) groups is 1. The number of aromatic amines is 2. The predicted octanol–water partition coefficient (Wildman–Crippen LogP) is 3.75. The number of thiophene rings is 1. The number of benzene rings is 1. The minimum absolute atomic E-state index is 0.0175. The van der Waals surface area contributed by atoms with Crippen molar-refractivity contribution in [2.75, 3.05) is 5.75 Å². The molecule has 3 heterocycles. The monoisotopic (exact) mass is 355 g/mol. The number of Topliss-reactive ketones (excluding diaryl/α,β-unsaturated/α-hetero) is 1. The lowest BCUT2D eigenvalue weighted by atomic mass is 10.1. The number of hydrogen-bond donors (Lipinski definition) is 2. The Morgan fingerprint density at radius 1 is 1.21 bits per heavy atom. The van der Waals surface area contributed by atoms with Crippen LogP contribution in [0.15, 0.2) is 45.7 Å². The molecule has 0 atom stereocenters. The highest BCUT2D eigenvalue weighted by Gasteiger charge is 2.16. The van der Waals surface area contributed by atoms with Crippen LogP contribution in [0.5, 0.6) is 0 Å². The van der Waals surface area contributed by atoms with Gasteiger partial charge >= 0.3 is 0 Å². The highest BCUT2D eigenvalue weighted by Crippen LogP contribution is 2.25. The lowest BCUT2D eigenvalue weighted by molar-refractivity contribution is 0.102. The van der Waals surface area contributed by atoms with Gasteiger partial charge in [-0.25, -0.2) is 4.98 Å². The van der Waals surface area contributed by atoms with Crippen molar-refractivity contribution >= 4 is 50.0 Å². The molecule has 0 radical (unpaired) electrons. The average molecular weight is 355 g/mol. The van der Waals surface area contributed by atoms with Gasteiger partial charge in [0.25, 0.3) is 5.56 Å². The summed E-state index contributed by atoms with van der Waals surface area (Å²) in [6.45, 7) is 1.90. The molecule has 4 aromatic rings. The molecule has 7 heteroatoms. The molecule has 1 aromatic carbocycles. The van der Waals surface area contributed by atoms with Gasteiger partial charge in [0.2, 0.25) is 0 Å². The van der Waals surface area contributed by atoms with Gasteiger partial charge in [0.15, 0.2) is 10.9 Å². The number of rotatable bonds is 4. The Kier molecular flexibility index (Phi) is 3.74. The SMILES string of the molecule is Cc1[nH]c2ccccc2c1C(=O)CSc1nc2sccc2c(=O)[nH]1. The molecule has 4 rings (SSSR count). The van der Waals surface area contributed by atoms with Crippen molar-refractivity contribution in [2.45, 2.75) is 12.1 Å². The molecule has 3 aromatic heterocycles. The summed E-state index contributed by atoms with van der Waals surface area (Å²) in [5.41, 5.74) is 2.35. The lowest BCUT2D eigenvalue weighted by Crippen LogP contribution is -2.09. The molecule has 0 spiro atoms. The Morgan fingerprint density at radius 2 is 2.04 bits per heavy atom. The Hall–Kier alpha value is -2.38. The van der Waals surface area contributed by atoms with Crippen LogP contribution in [0.2, 0.25) is 0 Å². The third-order valence-electron chi connectivity index (χ3n) is 3.83. The van der Waals surface area contributed by atoms with Crippen LogP contribution in [0.25, 0.3) is 21.1 Å². The fourth-order valence-electron chi connectivity index (χ4n) is 2.76. The number of hydrogen-bond acceptors (Lipinski definition) is 5.